The molecule has 0 unspecified atom stereocenters. The summed E-state index contributed by atoms with van der Waals surface area (Å²) in [6.07, 6.45) is 0. The predicted molar refractivity (Wildman–Crippen MR) is 56.7 cm³/mol. The summed E-state index contributed by atoms with van der Waals surface area (Å²) in [5.74, 6) is 0.639. The van der Waals surface area contributed by atoms with Gasteiger partial charge in [-0.2, -0.15) is 0 Å². The Labute approximate surface area is 88.3 Å². The summed E-state index contributed by atoms with van der Waals surface area (Å²) in [5, 5.41) is 1.30. The molecule has 0 amide bonds. The van der Waals surface area contributed by atoms with Crippen molar-refractivity contribution in [3.8, 4) is 0 Å². The van der Waals surface area contributed by atoms with E-state index in [1.165, 1.54) is 5.56 Å². The van der Waals surface area contributed by atoms with Crippen LogP contribution in [0.3, 0.4) is 0 Å². The Bertz CT molecular complexity index is 319. The number of nitrogens with zero attached hydrogens (tertiary/aromatic N) is 1. The van der Waals surface area contributed by atoms with Gasteiger partial charge in [0.25, 0.3) is 0 Å². The molecule has 0 bridgehead atoms. The molecule has 0 aliphatic carbocycles. The van der Waals surface area contributed by atoms with E-state index in [2.05, 4.69) is 18.0 Å². The first-order chi connectivity index (χ1) is 6.16. The topological polar surface area (TPSA) is 3.24 Å². The molecule has 0 N–H and O–H groups in total. The fourth-order valence-corrected chi connectivity index (χ4v) is 1.98. The smallest absolute Gasteiger partial charge is 0.0595 e. The molecular weight excluding hydrogens is 205 g/mol. The molecule has 0 atom stereocenters. The number of hydrogen-bond donors (Lipinski definition) is 0. The van der Waals surface area contributed by atoms with Gasteiger partial charge in [-0.1, -0.05) is 29.3 Å². The Morgan fingerprint density at radius 1 is 1.23 bits per heavy atom. The zero-order valence-electron chi connectivity index (χ0n) is 7.43. The molecule has 0 saturated carbocycles. The van der Waals surface area contributed by atoms with Crippen LogP contribution in [0.1, 0.15) is 11.5 Å². The second-order valence-corrected chi connectivity index (χ2v) is 4.41. The van der Waals surface area contributed by atoms with E-state index in [1.54, 1.807) is 0 Å². The van der Waals surface area contributed by atoms with E-state index in [-0.39, 0.29) is 0 Å². The van der Waals surface area contributed by atoms with E-state index in [0.29, 0.717) is 16.0 Å². The first kappa shape index (κ1) is 9.32. The monoisotopic (exact) mass is 215 g/mol. The molecule has 0 radical (unpaired) electrons. The zero-order valence-corrected chi connectivity index (χ0v) is 8.94. The van der Waals surface area contributed by atoms with Crippen LogP contribution < -0.4 is 0 Å². The summed E-state index contributed by atoms with van der Waals surface area (Å²) >= 11 is 11.8. The lowest BCUT2D eigenvalue weighted by Gasteiger charge is -2.36. The fraction of sp³-hybridized carbons (Fsp3) is 0.400. The molecule has 3 heteroatoms. The number of hydrogen-bond acceptors (Lipinski definition) is 1. The van der Waals surface area contributed by atoms with Gasteiger partial charge in [-0.3, -0.25) is 0 Å². The number of likely N-dealkylation sites (tertiary alicyclic amines) is 1. The zero-order chi connectivity index (χ0) is 9.42. The predicted octanol–water partition coefficient (Wildman–Crippen LogP) is 3.02. The molecule has 1 aliphatic rings. The van der Waals surface area contributed by atoms with Crippen LogP contribution in [0.4, 0.5) is 0 Å². The van der Waals surface area contributed by atoms with E-state index in [0.717, 1.165) is 13.1 Å². The van der Waals surface area contributed by atoms with Gasteiger partial charge < -0.3 is 4.90 Å². The van der Waals surface area contributed by atoms with Crippen molar-refractivity contribution in [2.45, 2.75) is 5.92 Å². The molecule has 0 aromatic heterocycles. The maximum atomic E-state index is 5.93. The number of benzene rings is 1. The fourth-order valence-electron chi connectivity index (χ4n) is 1.68. The van der Waals surface area contributed by atoms with Crippen molar-refractivity contribution in [2.24, 2.45) is 0 Å². The van der Waals surface area contributed by atoms with Crippen LogP contribution >= 0.6 is 23.2 Å². The Kier molecular flexibility index (Phi) is 2.50. The highest BCUT2D eigenvalue weighted by Crippen LogP contribution is 2.30. The molecule has 0 spiro atoms. The first-order valence-corrected chi connectivity index (χ1v) is 5.06. The minimum Gasteiger partial charge on any atom is -0.305 e. The maximum Gasteiger partial charge on any atom is 0.0595 e. The highest BCUT2D eigenvalue weighted by atomic mass is 35.5. The van der Waals surface area contributed by atoms with Crippen LogP contribution in [-0.2, 0) is 0 Å². The Hall–Kier alpha value is -0.240. The van der Waals surface area contributed by atoms with Crippen molar-refractivity contribution >= 4 is 23.2 Å². The molecule has 1 heterocycles. The molecule has 1 fully saturated rings. The average Bonchev–Trinajstić information content (AvgIpc) is 2.05. The second-order valence-electron chi connectivity index (χ2n) is 3.59. The summed E-state index contributed by atoms with van der Waals surface area (Å²) in [7, 11) is 2.12. The molecule has 13 heavy (non-hydrogen) atoms. The summed E-state index contributed by atoms with van der Waals surface area (Å²) in [6.45, 7) is 2.25. The van der Waals surface area contributed by atoms with Crippen molar-refractivity contribution in [1.82, 2.24) is 4.90 Å². The number of halogens is 2. The van der Waals surface area contributed by atoms with Gasteiger partial charge in [0.05, 0.1) is 10.0 Å². The van der Waals surface area contributed by atoms with Gasteiger partial charge in [0, 0.05) is 19.0 Å². The molecular formula is C10H11Cl2N. The third kappa shape index (κ3) is 1.83. The molecule has 70 valence electrons. The van der Waals surface area contributed by atoms with E-state index in [1.807, 2.05) is 12.1 Å². The van der Waals surface area contributed by atoms with Crippen LogP contribution in [-0.4, -0.2) is 25.0 Å². The largest absolute Gasteiger partial charge is 0.305 e. The average molecular weight is 216 g/mol. The Balaban J connectivity index is 2.18. The van der Waals surface area contributed by atoms with Crippen LogP contribution in [0.15, 0.2) is 18.2 Å². The van der Waals surface area contributed by atoms with Gasteiger partial charge in [-0.25, -0.2) is 0 Å². The minimum atomic E-state index is 0.637. The molecule has 1 aliphatic heterocycles. The summed E-state index contributed by atoms with van der Waals surface area (Å²) in [6, 6.07) is 5.91. The van der Waals surface area contributed by atoms with Gasteiger partial charge in [0.2, 0.25) is 0 Å². The van der Waals surface area contributed by atoms with E-state index in [9.17, 15) is 0 Å². The normalized spacial score (nSPS) is 18.7. The molecule has 2 rings (SSSR count). The summed E-state index contributed by atoms with van der Waals surface area (Å²) < 4.78 is 0. The second kappa shape index (κ2) is 3.49. The Morgan fingerprint density at radius 3 is 2.46 bits per heavy atom. The highest BCUT2D eigenvalue weighted by Gasteiger charge is 2.24. The van der Waals surface area contributed by atoms with E-state index in [4.69, 9.17) is 23.2 Å². The quantitative estimate of drug-likeness (QED) is 0.697. The number of rotatable bonds is 1. The molecule has 1 nitrogen and oxygen atoms in total. The van der Waals surface area contributed by atoms with Gasteiger partial charge in [-0.15, -0.1) is 0 Å². The third-order valence-electron chi connectivity index (χ3n) is 2.48. The number of likely N-dealkylation sites (N-methyl/N-ethyl adjacent to an activating group) is 1. The third-order valence-corrected chi connectivity index (χ3v) is 3.22. The van der Waals surface area contributed by atoms with Crippen molar-refractivity contribution in [3.63, 3.8) is 0 Å². The molecule has 1 aromatic rings. The molecule has 1 aromatic carbocycles. The Morgan fingerprint density at radius 2 is 1.92 bits per heavy atom. The maximum absolute atomic E-state index is 5.93. The van der Waals surface area contributed by atoms with Crippen LogP contribution in [0.5, 0.6) is 0 Å². The van der Waals surface area contributed by atoms with Crippen molar-refractivity contribution < 1.29 is 0 Å². The van der Waals surface area contributed by atoms with Gasteiger partial charge in [-0.05, 0) is 24.7 Å². The molecule has 1 saturated heterocycles. The van der Waals surface area contributed by atoms with Crippen molar-refractivity contribution in [1.29, 1.82) is 0 Å². The summed E-state index contributed by atoms with van der Waals surface area (Å²) in [5.41, 5.74) is 1.30. The van der Waals surface area contributed by atoms with Crippen LogP contribution in [0, 0.1) is 0 Å². The van der Waals surface area contributed by atoms with E-state index >= 15 is 0 Å². The SMILES string of the molecule is CN1CC(c2ccc(Cl)c(Cl)c2)C1. The lowest BCUT2D eigenvalue weighted by molar-refractivity contribution is 0.190. The van der Waals surface area contributed by atoms with Crippen LogP contribution in [0.2, 0.25) is 10.0 Å². The lowest BCUT2D eigenvalue weighted by Crippen LogP contribution is -2.41. The van der Waals surface area contributed by atoms with Crippen molar-refractivity contribution in [2.75, 3.05) is 20.1 Å². The van der Waals surface area contributed by atoms with Gasteiger partial charge >= 0.3 is 0 Å². The minimum absolute atomic E-state index is 0.637. The standard InChI is InChI=1S/C10H11Cl2N/c1-13-5-8(6-13)7-2-3-9(11)10(12)4-7/h2-4,8H,5-6H2,1H3. The highest BCUT2D eigenvalue weighted by molar-refractivity contribution is 6.42. The summed E-state index contributed by atoms with van der Waals surface area (Å²) in [4.78, 5) is 2.28. The van der Waals surface area contributed by atoms with Crippen molar-refractivity contribution in [3.05, 3.63) is 33.8 Å². The van der Waals surface area contributed by atoms with Gasteiger partial charge in [0.15, 0.2) is 0 Å². The van der Waals surface area contributed by atoms with E-state index < -0.39 is 0 Å². The van der Waals surface area contributed by atoms with Crippen LogP contribution in [0.25, 0.3) is 0 Å². The first-order valence-electron chi connectivity index (χ1n) is 4.30. The van der Waals surface area contributed by atoms with Gasteiger partial charge in [0.1, 0.15) is 0 Å². The lowest BCUT2D eigenvalue weighted by atomic mass is 9.92.